The Balaban J connectivity index is 1.14. The molecule has 0 spiro atoms. The molecular weight excluding hydrogens is 584 g/mol. The summed E-state index contributed by atoms with van der Waals surface area (Å²) in [6, 6.07) is 10.0. The number of hydrogen-bond donors (Lipinski definition) is 2. The fourth-order valence-electron chi connectivity index (χ4n) is 5.67. The number of rotatable bonds is 6. The number of amides is 2. The number of alkyl halides is 3. The molecule has 3 heterocycles. The van der Waals surface area contributed by atoms with Crippen molar-refractivity contribution in [3.8, 4) is 0 Å². The third-order valence-corrected chi connectivity index (χ3v) is 8.61. The lowest BCUT2D eigenvalue weighted by molar-refractivity contribution is -0.262. The number of halogens is 5. The second-order valence-corrected chi connectivity index (χ2v) is 11.4. The number of benzene rings is 2. The van der Waals surface area contributed by atoms with Crippen LogP contribution < -0.4 is 5.32 Å². The summed E-state index contributed by atoms with van der Waals surface area (Å²) in [7, 11) is 0. The summed E-state index contributed by atoms with van der Waals surface area (Å²) in [6.07, 6.45) is -4.16. The number of piperidine rings is 1. The molecule has 1 unspecified atom stereocenters. The highest BCUT2D eigenvalue weighted by atomic mass is 35.5. The Morgan fingerprint density at radius 1 is 0.927 bits per heavy atom. The Morgan fingerprint density at radius 3 is 2.07 bits per heavy atom. The molecule has 2 aromatic carbocycles. The van der Waals surface area contributed by atoms with E-state index in [9.17, 15) is 27.9 Å². The lowest BCUT2D eigenvalue weighted by Crippen LogP contribution is -2.62. The van der Waals surface area contributed by atoms with Gasteiger partial charge >= 0.3 is 6.18 Å². The monoisotopic (exact) mass is 614 g/mol. The number of aliphatic hydroxyl groups is 1. The fraction of sp³-hybridized carbons (Fsp3) is 0.500. The second kappa shape index (κ2) is 12.0. The van der Waals surface area contributed by atoms with Gasteiger partial charge in [0.2, 0.25) is 0 Å². The molecule has 3 aliphatic rings. The predicted molar refractivity (Wildman–Crippen MR) is 148 cm³/mol. The lowest BCUT2D eigenvalue weighted by Gasteiger charge is -2.48. The predicted octanol–water partition coefficient (Wildman–Crippen LogP) is 4.00. The zero-order valence-corrected chi connectivity index (χ0v) is 23.7. The number of likely N-dealkylation sites (tertiary alicyclic amines) is 2. The molecule has 3 aliphatic heterocycles. The van der Waals surface area contributed by atoms with E-state index in [0.29, 0.717) is 57.9 Å². The molecule has 0 aliphatic carbocycles. The number of nitrogens with one attached hydrogen (secondary N) is 1. The number of carbonyl (C=O) groups excluding carboxylic acids is 2. The highest BCUT2D eigenvalue weighted by Gasteiger charge is 2.62. The van der Waals surface area contributed by atoms with E-state index in [-0.39, 0.29) is 46.7 Å². The molecule has 222 valence electrons. The average Bonchev–Trinajstić information content (AvgIpc) is 2.94. The minimum atomic E-state index is -5.15. The fourth-order valence-corrected chi connectivity index (χ4v) is 6.32. The zero-order valence-electron chi connectivity index (χ0n) is 22.2. The first-order valence-electron chi connectivity index (χ1n) is 13.5. The summed E-state index contributed by atoms with van der Waals surface area (Å²) in [6.45, 7) is 3.52. The van der Waals surface area contributed by atoms with Crippen LogP contribution in [0.1, 0.15) is 28.8 Å². The van der Waals surface area contributed by atoms with Gasteiger partial charge in [0, 0.05) is 56.6 Å². The van der Waals surface area contributed by atoms with Gasteiger partial charge in [-0.1, -0.05) is 53.5 Å². The maximum absolute atomic E-state index is 13.9. The molecule has 3 fully saturated rings. The normalized spacial score (nSPS) is 20.8. The first-order chi connectivity index (χ1) is 19.5. The van der Waals surface area contributed by atoms with E-state index in [0.717, 1.165) is 17.0 Å². The third-order valence-electron chi connectivity index (χ3n) is 8.01. The first-order valence-corrected chi connectivity index (χ1v) is 14.2. The number of ether oxygens (including phenoxy) is 1. The van der Waals surface area contributed by atoms with Crippen molar-refractivity contribution in [2.45, 2.75) is 36.7 Å². The Hall–Kier alpha value is -2.57. The Labute approximate surface area is 245 Å². The van der Waals surface area contributed by atoms with Crippen molar-refractivity contribution < 1.29 is 32.6 Å². The van der Waals surface area contributed by atoms with E-state index < -0.39 is 23.2 Å². The van der Waals surface area contributed by atoms with Crippen molar-refractivity contribution in [1.29, 1.82) is 0 Å². The van der Waals surface area contributed by atoms with Crippen LogP contribution in [0.5, 0.6) is 0 Å². The second-order valence-electron chi connectivity index (χ2n) is 10.6. The Kier molecular flexibility index (Phi) is 8.73. The topological polar surface area (TPSA) is 85.4 Å². The lowest BCUT2D eigenvalue weighted by atomic mass is 9.89. The van der Waals surface area contributed by atoms with Gasteiger partial charge < -0.3 is 25.0 Å². The van der Waals surface area contributed by atoms with Crippen LogP contribution in [0.15, 0.2) is 42.5 Å². The molecule has 5 rings (SSSR count). The average molecular weight is 615 g/mol. The van der Waals surface area contributed by atoms with Crippen LogP contribution in [0.25, 0.3) is 0 Å². The number of carbonyl (C=O) groups is 2. The van der Waals surface area contributed by atoms with Crippen molar-refractivity contribution in [2.24, 2.45) is 0 Å². The molecule has 2 N–H and O–H groups in total. The van der Waals surface area contributed by atoms with Crippen molar-refractivity contribution in [3.05, 3.63) is 63.6 Å². The van der Waals surface area contributed by atoms with Crippen molar-refractivity contribution in [1.82, 2.24) is 14.7 Å². The summed E-state index contributed by atoms with van der Waals surface area (Å²) in [5, 5.41) is 14.5. The summed E-state index contributed by atoms with van der Waals surface area (Å²) >= 11 is 12.9. The highest BCUT2D eigenvalue weighted by Crippen LogP contribution is 2.41. The molecular formula is C28H31Cl2F3N4O4. The maximum Gasteiger partial charge on any atom is 0.430 e. The molecule has 0 aromatic heterocycles. The standard InChI is InChI=1S/C28H31Cl2F3N4O4/c29-22-14-19(15-23(30)24(22)25(38)35-10-12-41-13-11-35)34-20-16-37(17-20)21-6-8-36(9-7-21)26(39)27(40,28(31,32)33)18-4-2-1-3-5-18/h1-5,14-15,20-21,34,40H,6-13,16-17H2. The van der Waals surface area contributed by atoms with Crippen LogP contribution in [-0.4, -0.2) is 102 Å². The van der Waals surface area contributed by atoms with E-state index in [1.54, 1.807) is 17.0 Å². The van der Waals surface area contributed by atoms with Crippen LogP contribution >= 0.6 is 23.2 Å². The Morgan fingerprint density at radius 2 is 1.51 bits per heavy atom. The van der Waals surface area contributed by atoms with Gasteiger partial charge in [-0.3, -0.25) is 14.5 Å². The van der Waals surface area contributed by atoms with Gasteiger partial charge in [-0.2, -0.15) is 13.2 Å². The van der Waals surface area contributed by atoms with Gasteiger partial charge in [0.05, 0.1) is 34.9 Å². The first kappa shape index (κ1) is 29.9. The largest absolute Gasteiger partial charge is 0.430 e. The zero-order chi connectivity index (χ0) is 29.4. The van der Waals surface area contributed by atoms with E-state index in [2.05, 4.69) is 10.2 Å². The van der Waals surface area contributed by atoms with E-state index in [4.69, 9.17) is 27.9 Å². The van der Waals surface area contributed by atoms with Gasteiger partial charge in [0.15, 0.2) is 0 Å². The molecule has 0 bridgehead atoms. The van der Waals surface area contributed by atoms with Gasteiger partial charge in [-0.25, -0.2) is 0 Å². The maximum atomic E-state index is 13.9. The van der Waals surface area contributed by atoms with Gasteiger partial charge in [-0.15, -0.1) is 0 Å². The highest BCUT2D eigenvalue weighted by molar-refractivity contribution is 6.40. The molecule has 0 saturated carbocycles. The molecule has 1 atom stereocenters. The van der Waals surface area contributed by atoms with Gasteiger partial charge in [0.25, 0.3) is 17.4 Å². The van der Waals surface area contributed by atoms with Crippen LogP contribution in [0.3, 0.4) is 0 Å². The number of morpholine rings is 1. The van der Waals surface area contributed by atoms with Gasteiger partial charge in [0.1, 0.15) is 0 Å². The van der Waals surface area contributed by atoms with E-state index in [1.807, 2.05) is 0 Å². The van der Waals surface area contributed by atoms with Crippen LogP contribution in [0, 0.1) is 0 Å². The van der Waals surface area contributed by atoms with E-state index >= 15 is 0 Å². The smallest absolute Gasteiger partial charge is 0.380 e. The Bertz CT molecular complexity index is 1240. The molecule has 13 heteroatoms. The van der Waals surface area contributed by atoms with Gasteiger partial charge in [-0.05, 0) is 25.0 Å². The number of anilines is 1. The van der Waals surface area contributed by atoms with Crippen molar-refractivity contribution in [2.75, 3.05) is 57.8 Å². The minimum Gasteiger partial charge on any atom is -0.380 e. The van der Waals surface area contributed by atoms with Crippen LogP contribution in [0.2, 0.25) is 10.0 Å². The van der Waals surface area contributed by atoms with Crippen molar-refractivity contribution in [3.63, 3.8) is 0 Å². The summed E-state index contributed by atoms with van der Waals surface area (Å²) in [5.41, 5.74) is -3.12. The quantitative estimate of drug-likeness (QED) is 0.512. The molecule has 8 nitrogen and oxygen atoms in total. The van der Waals surface area contributed by atoms with Crippen molar-refractivity contribution >= 4 is 40.7 Å². The minimum absolute atomic E-state index is 0.0935. The number of nitrogens with zero attached hydrogens (tertiary/aromatic N) is 3. The molecule has 3 saturated heterocycles. The number of hydrogen-bond acceptors (Lipinski definition) is 6. The van der Waals surface area contributed by atoms with E-state index in [1.165, 1.54) is 18.2 Å². The summed E-state index contributed by atoms with van der Waals surface area (Å²) in [5.74, 6) is -1.57. The summed E-state index contributed by atoms with van der Waals surface area (Å²) < 4.78 is 47.1. The third kappa shape index (κ3) is 6.01. The molecule has 2 aromatic rings. The summed E-state index contributed by atoms with van der Waals surface area (Å²) in [4.78, 5) is 30.8. The molecule has 41 heavy (non-hydrogen) atoms. The molecule has 2 amide bonds. The SMILES string of the molecule is O=C(c1c(Cl)cc(NC2CN(C3CCN(C(=O)C(O)(c4ccccc4)C(F)(F)F)CC3)C2)cc1Cl)N1CCOCC1. The molecule has 0 radical (unpaired) electrons. The van der Waals surface area contributed by atoms with Crippen LogP contribution in [-0.2, 0) is 15.1 Å². The van der Waals surface area contributed by atoms with Crippen LogP contribution in [0.4, 0.5) is 18.9 Å².